The zero-order chi connectivity index (χ0) is 40.2. The van der Waals surface area contributed by atoms with Gasteiger partial charge in [0.2, 0.25) is 23.6 Å². The maximum Gasteiger partial charge on any atom is 0.326 e. The van der Waals surface area contributed by atoms with Crippen LogP contribution in [0, 0.1) is 5.41 Å². The summed E-state index contributed by atoms with van der Waals surface area (Å²) < 4.78 is 21.1. The van der Waals surface area contributed by atoms with Crippen LogP contribution in [0.4, 0.5) is 0 Å². The average Bonchev–Trinajstić information content (AvgIpc) is 3.12. The zero-order valence-corrected chi connectivity index (χ0v) is 31.9. The summed E-state index contributed by atoms with van der Waals surface area (Å²) in [7, 11) is 0. The van der Waals surface area contributed by atoms with Crippen LogP contribution in [0.25, 0.3) is 0 Å². The van der Waals surface area contributed by atoms with E-state index in [2.05, 4.69) is 33.5 Å². The van der Waals surface area contributed by atoms with Crippen LogP contribution in [0.5, 0.6) is 0 Å². The van der Waals surface area contributed by atoms with E-state index in [9.17, 15) is 39.0 Å². The number of amides is 4. The summed E-state index contributed by atoms with van der Waals surface area (Å²) >= 11 is 0. The molecule has 0 radical (unpaired) electrons. The van der Waals surface area contributed by atoms with E-state index in [0.717, 1.165) is 19.3 Å². The van der Waals surface area contributed by atoms with E-state index in [-0.39, 0.29) is 115 Å². The number of carboxylic acid groups (broad SMARTS) is 2. The molecule has 0 aromatic heterocycles. The number of ether oxygens (including phenoxy) is 4. The lowest BCUT2D eigenvalue weighted by Crippen LogP contribution is -2.43. The number of nitrogens with one attached hydrogen (secondary N) is 6. The Bertz CT molecular complexity index is 1080. The van der Waals surface area contributed by atoms with E-state index in [1.807, 2.05) is 0 Å². The molecular formula is C35H65N7O12. The number of aliphatic carboxylic acids is 2. The number of hydrogen-bond acceptors (Lipinski definition) is 11. The smallest absolute Gasteiger partial charge is 0.326 e. The Hall–Kier alpha value is -4.07. The number of unbranched alkanes of at least 4 members (excludes halogenated alkanes) is 8. The Balaban J connectivity index is 3.76. The van der Waals surface area contributed by atoms with Crippen LogP contribution in [0.1, 0.15) is 96.8 Å². The molecule has 0 rings (SSSR count). The maximum atomic E-state index is 12.2. The number of rotatable bonds is 37. The van der Waals surface area contributed by atoms with Gasteiger partial charge in [0.25, 0.3) is 0 Å². The third kappa shape index (κ3) is 32.6. The molecule has 312 valence electrons. The first-order valence-corrected chi connectivity index (χ1v) is 18.9. The minimum Gasteiger partial charge on any atom is -0.480 e. The molecule has 0 saturated heterocycles. The van der Waals surface area contributed by atoms with Crippen molar-refractivity contribution in [3.8, 4) is 0 Å². The van der Waals surface area contributed by atoms with Gasteiger partial charge in [-0.05, 0) is 25.7 Å². The largest absolute Gasteiger partial charge is 0.480 e. The first-order chi connectivity index (χ1) is 26.0. The Morgan fingerprint density at radius 1 is 0.537 bits per heavy atom. The molecule has 19 heteroatoms. The molecule has 2 atom stereocenters. The fourth-order valence-electron chi connectivity index (χ4n) is 4.85. The van der Waals surface area contributed by atoms with Crippen LogP contribution >= 0.6 is 0 Å². The number of carbonyl (C=O) groups is 6. The molecule has 19 nitrogen and oxygen atoms in total. The molecule has 0 aliphatic carbocycles. The lowest BCUT2D eigenvalue weighted by molar-refractivity contribution is -0.143. The highest BCUT2D eigenvalue weighted by molar-refractivity contribution is 5.85. The van der Waals surface area contributed by atoms with Crippen LogP contribution in [-0.4, -0.2) is 136 Å². The van der Waals surface area contributed by atoms with Crippen LogP contribution < -0.4 is 32.3 Å². The molecule has 54 heavy (non-hydrogen) atoms. The van der Waals surface area contributed by atoms with Gasteiger partial charge in [0.15, 0.2) is 5.96 Å². The summed E-state index contributed by atoms with van der Waals surface area (Å²) in [6.45, 7) is 3.32. The second-order valence-electron chi connectivity index (χ2n) is 12.5. The summed E-state index contributed by atoms with van der Waals surface area (Å²) in [5.74, 6) is -4.21. The van der Waals surface area contributed by atoms with E-state index in [1.165, 1.54) is 32.1 Å². The molecule has 0 aliphatic rings. The van der Waals surface area contributed by atoms with Crippen LogP contribution in [0.2, 0.25) is 0 Å². The highest BCUT2D eigenvalue weighted by atomic mass is 16.5. The molecule has 0 bridgehead atoms. The van der Waals surface area contributed by atoms with Gasteiger partial charge in [-0.15, -0.1) is 0 Å². The lowest BCUT2D eigenvalue weighted by Gasteiger charge is -2.15. The van der Waals surface area contributed by atoms with Gasteiger partial charge in [-0.3, -0.25) is 24.6 Å². The first-order valence-electron chi connectivity index (χ1n) is 18.9. The van der Waals surface area contributed by atoms with Gasteiger partial charge in [-0.1, -0.05) is 58.3 Å². The van der Waals surface area contributed by atoms with Gasteiger partial charge in [-0.2, -0.15) is 0 Å². The Kier molecular flexibility index (Phi) is 32.1. The fourth-order valence-corrected chi connectivity index (χ4v) is 4.85. The summed E-state index contributed by atoms with van der Waals surface area (Å²) in [5.41, 5.74) is 5.16. The molecule has 0 aliphatic heterocycles. The van der Waals surface area contributed by atoms with Gasteiger partial charge in [0.05, 0.1) is 39.6 Å². The molecule has 0 unspecified atom stereocenters. The summed E-state index contributed by atoms with van der Waals surface area (Å²) in [4.78, 5) is 71.0. The number of hydrogen-bond donors (Lipinski definition) is 9. The Labute approximate surface area is 318 Å². The van der Waals surface area contributed by atoms with Gasteiger partial charge in [-0.25, -0.2) is 9.59 Å². The van der Waals surface area contributed by atoms with E-state index in [0.29, 0.717) is 19.4 Å². The maximum absolute atomic E-state index is 12.2. The predicted molar refractivity (Wildman–Crippen MR) is 199 cm³/mol. The van der Waals surface area contributed by atoms with Crippen LogP contribution in [0.3, 0.4) is 0 Å². The minimum atomic E-state index is -1.18. The molecule has 0 aromatic carbocycles. The van der Waals surface area contributed by atoms with Crippen molar-refractivity contribution in [2.45, 2.75) is 109 Å². The minimum absolute atomic E-state index is 0.0227. The van der Waals surface area contributed by atoms with Crippen molar-refractivity contribution in [3.63, 3.8) is 0 Å². The normalized spacial score (nSPS) is 11.9. The molecule has 0 saturated carbocycles. The highest BCUT2D eigenvalue weighted by Gasteiger charge is 2.21. The monoisotopic (exact) mass is 775 g/mol. The molecule has 4 amide bonds. The van der Waals surface area contributed by atoms with Crippen molar-refractivity contribution in [3.05, 3.63) is 0 Å². The molecular weight excluding hydrogens is 710 g/mol. The van der Waals surface area contributed by atoms with Gasteiger partial charge < -0.3 is 61.5 Å². The number of nitrogens with two attached hydrogens (primary N) is 1. The van der Waals surface area contributed by atoms with E-state index in [1.54, 1.807) is 0 Å². The standard InChI is InChI=1S/C35H65N7O12/c1-2-3-4-5-6-7-8-9-10-13-30(44)41-28(34(49)50)14-15-29(43)38-17-19-51-21-23-53-25-31(45)39-18-20-52-22-24-54-26-32(46)42-27(33(47)48)12-11-16-40-35(36)37/h27-28H,2-26H2,1H3,(H,38,43)(H,39,45)(H,41,44)(H,42,46)(H,47,48)(H,49,50)(H4,36,37,40)/t27-,28-/m0/s1. The predicted octanol–water partition coefficient (Wildman–Crippen LogP) is 0.388. The summed E-state index contributed by atoms with van der Waals surface area (Å²) in [6, 6.07) is -2.22. The van der Waals surface area contributed by atoms with E-state index < -0.39 is 29.9 Å². The third-order valence-electron chi connectivity index (χ3n) is 7.77. The molecule has 10 N–H and O–H groups in total. The van der Waals surface area contributed by atoms with E-state index in [4.69, 9.17) is 30.1 Å². The quantitative estimate of drug-likeness (QED) is 0.0235. The summed E-state index contributed by atoms with van der Waals surface area (Å²) in [5, 5.41) is 38.4. The van der Waals surface area contributed by atoms with Crippen molar-refractivity contribution in [2.24, 2.45) is 5.73 Å². The van der Waals surface area contributed by atoms with Crippen molar-refractivity contribution < 1.29 is 57.9 Å². The van der Waals surface area contributed by atoms with Crippen molar-refractivity contribution in [1.29, 1.82) is 5.41 Å². The van der Waals surface area contributed by atoms with Crippen molar-refractivity contribution in [2.75, 3.05) is 72.5 Å². The molecule has 0 spiro atoms. The average molecular weight is 776 g/mol. The number of carbonyl (C=O) groups excluding carboxylic acids is 4. The SMILES string of the molecule is CCCCCCCCCCCC(=O)N[C@@H](CCC(=O)NCCOCCOCC(=O)NCCOCCOCC(=O)N[C@@H](CCCNC(=N)N)C(=O)O)C(=O)O. The van der Waals surface area contributed by atoms with Crippen LogP contribution in [-0.2, 0) is 47.7 Å². The Morgan fingerprint density at radius 3 is 1.57 bits per heavy atom. The highest BCUT2D eigenvalue weighted by Crippen LogP contribution is 2.11. The van der Waals surface area contributed by atoms with E-state index >= 15 is 0 Å². The second-order valence-corrected chi connectivity index (χ2v) is 12.5. The third-order valence-corrected chi connectivity index (χ3v) is 7.77. The van der Waals surface area contributed by atoms with Gasteiger partial charge >= 0.3 is 11.9 Å². The fraction of sp³-hybridized carbons (Fsp3) is 0.800. The van der Waals surface area contributed by atoms with Crippen LogP contribution in [0.15, 0.2) is 0 Å². The van der Waals surface area contributed by atoms with Gasteiger partial charge in [0.1, 0.15) is 25.3 Å². The van der Waals surface area contributed by atoms with Crippen molar-refractivity contribution in [1.82, 2.24) is 26.6 Å². The topological polar surface area (TPSA) is 290 Å². The molecule has 0 aromatic rings. The molecule has 0 fully saturated rings. The Morgan fingerprint density at radius 2 is 1.02 bits per heavy atom. The molecule has 0 heterocycles. The lowest BCUT2D eigenvalue weighted by atomic mass is 10.1. The number of carboxylic acids is 2. The second kappa shape index (κ2) is 34.7. The first kappa shape index (κ1) is 49.9. The summed E-state index contributed by atoms with van der Waals surface area (Å²) in [6.07, 6.45) is 10.8. The van der Waals surface area contributed by atoms with Crippen molar-refractivity contribution >= 4 is 41.5 Å². The number of guanidine groups is 1. The van der Waals surface area contributed by atoms with Gasteiger partial charge in [0, 0.05) is 32.5 Å². The zero-order valence-electron chi connectivity index (χ0n) is 31.9.